The third-order valence-corrected chi connectivity index (χ3v) is 3.76. The molecule has 0 bridgehead atoms. The first-order valence-electron chi connectivity index (χ1n) is 5.05. The van der Waals surface area contributed by atoms with Crippen LogP contribution in [0.25, 0.3) is 4.96 Å². The van der Waals surface area contributed by atoms with E-state index >= 15 is 0 Å². The summed E-state index contributed by atoms with van der Waals surface area (Å²) in [5.74, 6) is 0. The highest BCUT2D eigenvalue weighted by Crippen LogP contribution is 2.23. The molecule has 0 fully saturated rings. The number of nitrogens with one attached hydrogen (secondary N) is 1. The van der Waals surface area contributed by atoms with Gasteiger partial charge in [0.05, 0.1) is 12.3 Å². The van der Waals surface area contributed by atoms with Crippen molar-refractivity contribution < 1.29 is 4.74 Å². The number of nitrogens with zero attached hydrogens (tertiary/aromatic N) is 2. The number of ether oxygens (including phenoxy) is 1. The normalized spacial score (nSPS) is 11.4. The highest BCUT2D eigenvalue weighted by atomic mass is 32.2. The van der Waals surface area contributed by atoms with E-state index in [4.69, 9.17) is 4.74 Å². The average molecular weight is 257 g/mol. The van der Waals surface area contributed by atoms with E-state index in [1.165, 1.54) is 5.69 Å². The zero-order valence-electron chi connectivity index (χ0n) is 9.40. The van der Waals surface area contributed by atoms with E-state index in [1.54, 1.807) is 30.2 Å². The highest BCUT2D eigenvalue weighted by molar-refractivity contribution is 7.98. The van der Waals surface area contributed by atoms with Gasteiger partial charge in [-0.15, -0.1) is 23.1 Å². The molecule has 0 aromatic carbocycles. The minimum Gasteiger partial charge on any atom is -0.383 e. The molecule has 0 saturated carbocycles. The Morgan fingerprint density at radius 2 is 2.50 bits per heavy atom. The quantitative estimate of drug-likeness (QED) is 0.633. The lowest BCUT2D eigenvalue weighted by Gasteiger charge is -2.04. The summed E-state index contributed by atoms with van der Waals surface area (Å²) < 4.78 is 7.15. The number of imidazole rings is 1. The zero-order chi connectivity index (χ0) is 11.4. The summed E-state index contributed by atoms with van der Waals surface area (Å²) in [6.07, 6.45) is 4.13. The Balaban J connectivity index is 2.10. The van der Waals surface area contributed by atoms with Gasteiger partial charge in [-0.2, -0.15) is 0 Å². The fourth-order valence-corrected chi connectivity index (χ4v) is 2.89. The molecular formula is C10H15N3OS2. The van der Waals surface area contributed by atoms with Crippen molar-refractivity contribution >= 4 is 28.1 Å². The molecule has 0 radical (unpaired) electrons. The standard InChI is InChI=1S/C10H15N3OS2/c1-14-5-3-11-7-8-9(15-2)12-10-13(8)4-6-16-10/h4,6,11H,3,5,7H2,1-2H3. The van der Waals surface area contributed by atoms with Crippen LogP contribution in [0.4, 0.5) is 0 Å². The van der Waals surface area contributed by atoms with Crippen LogP contribution in [0.15, 0.2) is 16.6 Å². The predicted molar refractivity (Wildman–Crippen MR) is 68.4 cm³/mol. The Morgan fingerprint density at radius 3 is 3.25 bits per heavy atom. The van der Waals surface area contributed by atoms with Crippen LogP contribution in [0.5, 0.6) is 0 Å². The van der Waals surface area contributed by atoms with Crippen LogP contribution in [0.2, 0.25) is 0 Å². The van der Waals surface area contributed by atoms with Gasteiger partial charge in [0.15, 0.2) is 4.96 Å². The number of thioether (sulfide) groups is 1. The first-order chi connectivity index (χ1) is 7.86. The Hall–Kier alpha value is -0.560. The Morgan fingerprint density at radius 1 is 1.62 bits per heavy atom. The molecule has 2 rings (SSSR count). The molecule has 0 amide bonds. The fraction of sp³-hybridized carbons (Fsp3) is 0.500. The maximum atomic E-state index is 5.00. The number of hydrogen-bond acceptors (Lipinski definition) is 5. The summed E-state index contributed by atoms with van der Waals surface area (Å²) in [6, 6.07) is 0. The molecule has 0 saturated heterocycles. The molecule has 2 heterocycles. The van der Waals surface area contributed by atoms with Crippen LogP contribution in [0.3, 0.4) is 0 Å². The van der Waals surface area contributed by atoms with Crippen LogP contribution in [-0.4, -0.2) is 35.9 Å². The molecule has 0 aliphatic carbocycles. The van der Waals surface area contributed by atoms with Gasteiger partial charge in [0.1, 0.15) is 5.03 Å². The van der Waals surface area contributed by atoms with E-state index in [0.717, 1.165) is 29.7 Å². The monoisotopic (exact) mass is 257 g/mol. The van der Waals surface area contributed by atoms with Gasteiger partial charge < -0.3 is 10.1 Å². The minimum atomic E-state index is 0.736. The van der Waals surface area contributed by atoms with E-state index in [2.05, 4.69) is 32.5 Å². The van der Waals surface area contributed by atoms with Crippen LogP contribution >= 0.6 is 23.1 Å². The van der Waals surface area contributed by atoms with Crippen molar-refractivity contribution in [2.45, 2.75) is 11.6 Å². The highest BCUT2D eigenvalue weighted by Gasteiger charge is 2.11. The molecule has 2 aromatic rings. The summed E-state index contributed by atoms with van der Waals surface area (Å²) in [4.78, 5) is 5.63. The van der Waals surface area contributed by atoms with Crippen molar-refractivity contribution in [3.8, 4) is 0 Å². The topological polar surface area (TPSA) is 38.6 Å². The molecule has 0 atom stereocenters. The lowest BCUT2D eigenvalue weighted by molar-refractivity contribution is 0.199. The Bertz CT molecular complexity index is 452. The van der Waals surface area contributed by atoms with Crippen molar-refractivity contribution in [1.82, 2.24) is 14.7 Å². The third kappa shape index (κ3) is 2.40. The largest absolute Gasteiger partial charge is 0.383 e. The summed E-state index contributed by atoms with van der Waals surface area (Å²) >= 11 is 3.36. The van der Waals surface area contributed by atoms with Crippen LogP contribution in [0, 0.1) is 0 Å². The summed E-state index contributed by atoms with van der Waals surface area (Å²) in [7, 11) is 1.71. The van der Waals surface area contributed by atoms with Gasteiger partial charge >= 0.3 is 0 Å². The second-order valence-corrected chi connectivity index (χ2v) is 4.96. The fourth-order valence-electron chi connectivity index (χ4n) is 1.52. The molecule has 88 valence electrons. The molecule has 4 nitrogen and oxygen atoms in total. The lowest BCUT2D eigenvalue weighted by atomic mass is 10.4. The SMILES string of the molecule is COCCNCc1c(SC)nc2sccn12. The van der Waals surface area contributed by atoms with Crippen molar-refractivity contribution in [3.05, 3.63) is 17.3 Å². The molecule has 0 spiro atoms. The molecule has 0 aliphatic heterocycles. The first-order valence-corrected chi connectivity index (χ1v) is 7.15. The van der Waals surface area contributed by atoms with Gasteiger partial charge in [0, 0.05) is 31.8 Å². The van der Waals surface area contributed by atoms with Gasteiger partial charge in [0.2, 0.25) is 0 Å². The Kier molecular flexibility index (Phi) is 4.22. The summed E-state index contributed by atoms with van der Waals surface area (Å²) in [6.45, 7) is 2.43. The smallest absolute Gasteiger partial charge is 0.194 e. The Labute approximate surface area is 103 Å². The van der Waals surface area contributed by atoms with Gasteiger partial charge in [0.25, 0.3) is 0 Å². The predicted octanol–water partition coefficient (Wildman–Crippen LogP) is 1.85. The maximum absolute atomic E-state index is 5.00. The molecule has 0 aliphatic rings. The van der Waals surface area contributed by atoms with Crippen molar-refractivity contribution in [1.29, 1.82) is 0 Å². The van der Waals surface area contributed by atoms with Gasteiger partial charge in [-0.05, 0) is 6.26 Å². The first kappa shape index (κ1) is 11.9. The lowest BCUT2D eigenvalue weighted by Crippen LogP contribution is -2.19. The van der Waals surface area contributed by atoms with E-state index in [1.807, 2.05) is 0 Å². The number of thiazole rings is 1. The number of rotatable bonds is 6. The summed E-state index contributed by atoms with van der Waals surface area (Å²) in [5.41, 5.74) is 1.24. The van der Waals surface area contributed by atoms with Crippen molar-refractivity contribution in [2.24, 2.45) is 0 Å². The second kappa shape index (κ2) is 5.67. The second-order valence-electron chi connectivity index (χ2n) is 3.29. The molecule has 6 heteroatoms. The maximum Gasteiger partial charge on any atom is 0.194 e. The molecule has 1 N–H and O–H groups in total. The van der Waals surface area contributed by atoms with Crippen LogP contribution in [0.1, 0.15) is 5.69 Å². The molecule has 16 heavy (non-hydrogen) atoms. The number of hydrogen-bond donors (Lipinski definition) is 1. The molecular weight excluding hydrogens is 242 g/mol. The molecule has 2 aromatic heterocycles. The zero-order valence-corrected chi connectivity index (χ0v) is 11.0. The van der Waals surface area contributed by atoms with Crippen molar-refractivity contribution in [3.63, 3.8) is 0 Å². The summed E-state index contributed by atoms with van der Waals surface area (Å²) in [5, 5.41) is 6.52. The number of aromatic nitrogens is 2. The minimum absolute atomic E-state index is 0.736. The average Bonchev–Trinajstić information content (AvgIpc) is 2.85. The van der Waals surface area contributed by atoms with Gasteiger partial charge in [-0.25, -0.2) is 4.98 Å². The van der Waals surface area contributed by atoms with Crippen LogP contribution < -0.4 is 5.32 Å². The van der Waals surface area contributed by atoms with Crippen LogP contribution in [-0.2, 0) is 11.3 Å². The number of fused-ring (bicyclic) bond motifs is 1. The molecule has 0 unspecified atom stereocenters. The van der Waals surface area contributed by atoms with Crippen molar-refractivity contribution in [2.75, 3.05) is 26.5 Å². The van der Waals surface area contributed by atoms with E-state index in [-0.39, 0.29) is 0 Å². The third-order valence-electron chi connectivity index (χ3n) is 2.29. The van der Waals surface area contributed by atoms with E-state index < -0.39 is 0 Å². The van der Waals surface area contributed by atoms with Gasteiger partial charge in [-0.3, -0.25) is 4.40 Å². The number of methoxy groups -OCH3 is 1. The van der Waals surface area contributed by atoms with E-state index in [0.29, 0.717) is 0 Å². The van der Waals surface area contributed by atoms with Gasteiger partial charge in [-0.1, -0.05) is 0 Å². The van der Waals surface area contributed by atoms with E-state index in [9.17, 15) is 0 Å².